The van der Waals surface area contributed by atoms with E-state index in [0.29, 0.717) is 5.96 Å². The normalized spacial score (nSPS) is 23.3. The molecule has 4 N–H and O–H groups in total. The largest absolute Gasteiger partial charge is 0.444 e. The van der Waals surface area contributed by atoms with Gasteiger partial charge in [-0.25, -0.2) is 4.79 Å². The van der Waals surface area contributed by atoms with Crippen LogP contribution in [0.25, 0.3) is 0 Å². The van der Waals surface area contributed by atoms with E-state index in [0.717, 1.165) is 19.3 Å². The number of ether oxygens (including phenoxy) is 1. The number of hydrogen-bond acceptors (Lipinski definition) is 3. The van der Waals surface area contributed by atoms with Crippen LogP contribution in [0.2, 0.25) is 0 Å². The smallest absolute Gasteiger partial charge is 0.407 e. The average Bonchev–Trinajstić information content (AvgIpc) is 2.62. The number of hydrogen-bond donors (Lipinski definition) is 4. The van der Waals surface area contributed by atoms with Gasteiger partial charge < -0.3 is 20.7 Å². The predicted octanol–water partition coefficient (Wildman–Crippen LogP) is 1.18. The van der Waals surface area contributed by atoms with Crippen LogP contribution in [0.1, 0.15) is 40.0 Å². The van der Waals surface area contributed by atoms with Gasteiger partial charge in [-0.3, -0.25) is 5.41 Å². The lowest BCUT2D eigenvalue weighted by atomic mass is 10.2. The third-order valence-electron chi connectivity index (χ3n) is 2.75. The van der Waals surface area contributed by atoms with Gasteiger partial charge in [0, 0.05) is 19.1 Å². The Morgan fingerprint density at radius 2 is 1.78 bits per heavy atom. The number of guanidine groups is 1. The third-order valence-corrected chi connectivity index (χ3v) is 2.75. The van der Waals surface area contributed by atoms with Gasteiger partial charge in [0.05, 0.1) is 0 Å². The molecule has 0 aromatic rings. The molecule has 1 amide bonds. The number of nitrogens with one attached hydrogen (secondary N) is 4. The summed E-state index contributed by atoms with van der Waals surface area (Å²) >= 11 is 0. The van der Waals surface area contributed by atoms with Crippen LogP contribution in [-0.2, 0) is 4.74 Å². The minimum atomic E-state index is -0.464. The van der Waals surface area contributed by atoms with Gasteiger partial charge in [-0.1, -0.05) is 0 Å². The molecule has 1 fully saturated rings. The molecule has 1 rings (SSSR count). The van der Waals surface area contributed by atoms with Crippen molar-refractivity contribution in [3.05, 3.63) is 0 Å². The summed E-state index contributed by atoms with van der Waals surface area (Å²) in [5.74, 6) is 0.318. The van der Waals surface area contributed by atoms with Crippen LogP contribution in [0.5, 0.6) is 0 Å². The molecule has 0 bridgehead atoms. The van der Waals surface area contributed by atoms with E-state index in [1.54, 1.807) is 7.05 Å². The number of alkyl carbamates (subject to hydrolysis) is 1. The molecule has 0 heterocycles. The monoisotopic (exact) mass is 256 g/mol. The van der Waals surface area contributed by atoms with E-state index in [9.17, 15) is 4.79 Å². The summed E-state index contributed by atoms with van der Waals surface area (Å²) in [7, 11) is 1.71. The summed E-state index contributed by atoms with van der Waals surface area (Å²) in [5.41, 5.74) is -0.464. The number of rotatable bonds is 2. The molecular formula is C12H24N4O2. The van der Waals surface area contributed by atoms with Crippen molar-refractivity contribution >= 4 is 12.1 Å². The van der Waals surface area contributed by atoms with Crippen molar-refractivity contribution in [1.29, 1.82) is 5.41 Å². The molecule has 0 aromatic heterocycles. The second-order valence-corrected chi connectivity index (χ2v) is 5.62. The zero-order chi connectivity index (χ0) is 13.8. The van der Waals surface area contributed by atoms with Gasteiger partial charge >= 0.3 is 6.09 Å². The number of carbonyl (C=O) groups excluding carboxylic acids is 1. The van der Waals surface area contributed by atoms with Gasteiger partial charge in [-0.2, -0.15) is 0 Å². The van der Waals surface area contributed by atoms with Gasteiger partial charge in [0.15, 0.2) is 5.96 Å². The van der Waals surface area contributed by atoms with E-state index in [1.807, 2.05) is 20.8 Å². The topological polar surface area (TPSA) is 86.2 Å². The van der Waals surface area contributed by atoms with Crippen LogP contribution < -0.4 is 16.0 Å². The van der Waals surface area contributed by atoms with E-state index in [4.69, 9.17) is 10.1 Å². The molecule has 6 nitrogen and oxygen atoms in total. The van der Waals surface area contributed by atoms with E-state index in [-0.39, 0.29) is 18.2 Å². The Kier molecular flexibility index (Phi) is 4.81. The fourth-order valence-electron chi connectivity index (χ4n) is 1.99. The Morgan fingerprint density at radius 3 is 2.28 bits per heavy atom. The third kappa shape index (κ3) is 5.25. The molecule has 0 radical (unpaired) electrons. The fourth-order valence-corrected chi connectivity index (χ4v) is 1.99. The van der Waals surface area contributed by atoms with E-state index >= 15 is 0 Å². The molecule has 0 saturated heterocycles. The maximum Gasteiger partial charge on any atom is 0.407 e. The Bertz CT molecular complexity index is 312. The molecule has 0 spiro atoms. The highest BCUT2D eigenvalue weighted by atomic mass is 16.6. The van der Waals surface area contributed by atoms with Gasteiger partial charge in [0.1, 0.15) is 5.60 Å². The van der Waals surface area contributed by atoms with Crippen molar-refractivity contribution in [1.82, 2.24) is 16.0 Å². The first-order valence-electron chi connectivity index (χ1n) is 6.32. The molecule has 0 unspecified atom stereocenters. The lowest BCUT2D eigenvalue weighted by molar-refractivity contribution is 0.0505. The van der Waals surface area contributed by atoms with E-state index in [2.05, 4.69) is 16.0 Å². The molecule has 6 heteroatoms. The minimum absolute atomic E-state index is 0.127. The summed E-state index contributed by atoms with van der Waals surface area (Å²) in [6.45, 7) is 5.54. The van der Waals surface area contributed by atoms with Crippen LogP contribution >= 0.6 is 0 Å². The van der Waals surface area contributed by atoms with Gasteiger partial charge in [0.25, 0.3) is 0 Å². The van der Waals surface area contributed by atoms with E-state index in [1.165, 1.54) is 0 Å². The zero-order valence-corrected chi connectivity index (χ0v) is 11.6. The highest BCUT2D eigenvalue weighted by molar-refractivity contribution is 5.76. The highest BCUT2D eigenvalue weighted by Crippen LogP contribution is 2.19. The first-order valence-corrected chi connectivity index (χ1v) is 6.32. The summed E-state index contributed by atoms with van der Waals surface area (Å²) < 4.78 is 5.21. The van der Waals surface area contributed by atoms with Crippen LogP contribution in [0.4, 0.5) is 4.79 Å². The number of amides is 1. The molecule has 104 valence electrons. The summed E-state index contributed by atoms with van der Waals surface area (Å²) in [6.07, 6.45) is 2.32. The summed E-state index contributed by atoms with van der Waals surface area (Å²) in [4.78, 5) is 11.6. The SMILES string of the molecule is CNC(=N)N[C@@H]1CC[C@H](NC(=O)OC(C)(C)C)C1. The highest BCUT2D eigenvalue weighted by Gasteiger charge is 2.27. The zero-order valence-electron chi connectivity index (χ0n) is 11.6. The predicted molar refractivity (Wildman–Crippen MR) is 70.7 cm³/mol. The molecule has 0 aromatic carbocycles. The maximum absolute atomic E-state index is 11.6. The van der Waals surface area contributed by atoms with Gasteiger partial charge in [0.2, 0.25) is 0 Å². The molecule has 1 saturated carbocycles. The van der Waals surface area contributed by atoms with Crippen LogP contribution in [-0.4, -0.2) is 36.8 Å². The summed E-state index contributed by atoms with van der Waals surface area (Å²) in [6, 6.07) is 0.367. The molecule has 2 atom stereocenters. The second kappa shape index (κ2) is 5.93. The fraction of sp³-hybridized carbons (Fsp3) is 0.833. The molecule has 1 aliphatic rings. The van der Waals surface area contributed by atoms with Crippen molar-refractivity contribution in [3.8, 4) is 0 Å². The van der Waals surface area contributed by atoms with E-state index < -0.39 is 5.60 Å². The summed E-state index contributed by atoms with van der Waals surface area (Å²) in [5, 5.41) is 16.2. The quantitative estimate of drug-likeness (QED) is 0.441. The molecule has 1 aliphatic carbocycles. The average molecular weight is 256 g/mol. The van der Waals surface area contributed by atoms with Crippen molar-refractivity contribution in [2.75, 3.05) is 7.05 Å². The Labute approximate surface area is 108 Å². The lowest BCUT2D eigenvalue weighted by Crippen LogP contribution is -2.42. The van der Waals surface area contributed by atoms with Gasteiger partial charge in [-0.05, 0) is 40.0 Å². The Hall–Kier alpha value is -1.46. The molecule has 0 aliphatic heterocycles. The van der Waals surface area contributed by atoms with Crippen LogP contribution in [0.15, 0.2) is 0 Å². The van der Waals surface area contributed by atoms with Crippen molar-refractivity contribution in [2.45, 2.75) is 57.7 Å². The van der Waals surface area contributed by atoms with Crippen molar-refractivity contribution in [2.24, 2.45) is 0 Å². The maximum atomic E-state index is 11.6. The van der Waals surface area contributed by atoms with Crippen LogP contribution in [0, 0.1) is 5.41 Å². The Morgan fingerprint density at radius 1 is 1.22 bits per heavy atom. The van der Waals surface area contributed by atoms with Crippen molar-refractivity contribution in [3.63, 3.8) is 0 Å². The van der Waals surface area contributed by atoms with Gasteiger partial charge in [-0.15, -0.1) is 0 Å². The lowest BCUT2D eigenvalue weighted by Gasteiger charge is -2.22. The first kappa shape index (κ1) is 14.6. The van der Waals surface area contributed by atoms with Crippen molar-refractivity contribution < 1.29 is 9.53 Å². The molecular weight excluding hydrogens is 232 g/mol. The molecule has 18 heavy (non-hydrogen) atoms. The first-order chi connectivity index (χ1) is 8.30. The Balaban J connectivity index is 2.30. The second-order valence-electron chi connectivity index (χ2n) is 5.62. The standard InChI is InChI=1S/C12H24N4O2/c1-12(2,3)18-11(17)16-9-6-5-8(7-9)15-10(13)14-4/h8-9H,5-7H2,1-4H3,(H,16,17)(H3,13,14,15)/t8-,9+/m1/s1. The number of carbonyl (C=O) groups is 1. The minimum Gasteiger partial charge on any atom is -0.444 e. The van der Waals surface area contributed by atoms with Crippen LogP contribution in [0.3, 0.4) is 0 Å².